The molecule has 3 aromatic carbocycles. The van der Waals surface area contributed by atoms with Gasteiger partial charge in [0.1, 0.15) is 0 Å². The summed E-state index contributed by atoms with van der Waals surface area (Å²) in [6.45, 7) is 4.17. The number of hydrogen-bond donors (Lipinski definition) is 0. The van der Waals surface area contributed by atoms with Crippen molar-refractivity contribution in [1.82, 2.24) is 0 Å². The summed E-state index contributed by atoms with van der Waals surface area (Å²) in [5, 5.41) is 0. The molecule has 0 amide bonds. The van der Waals surface area contributed by atoms with Crippen molar-refractivity contribution in [3.05, 3.63) is 108 Å². The lowest BCUT2D eigenvalue weighted by atomic mass is 10.2. The first-order chi connectivity index (χ1) is 9.79. The van der Waals surface area contributed by atoms with Gasteiger partial charge in [-0.05, 0) is 13.8 Å². The monoisotopic (exact) mass is 310 g/mol. The molecule has 0 nitrogen and oxygen atoms in total. The van der Waals surface area contributed by atoms with Gasteiger partial charge in [-0.2, -0.15) is 0 Å². The molecular formula is C23H34. The zero-order valence-corrected chi connectivity index (χ0v) is 12.2. The second-order valence-electron chi connectivity index (χ2n) is 4.46. The maximum atomic E-state index is 2.08. The molecule has 0 saturated carbocycles. The van der Waals surface area contributed by atoms with Gasteiger partial charge in [-0.1, -0.05) is 130 Å². The molecule has 0 spiro atoms. The van der Waals surface area contributed by atoms with E-state index in [9.17, 15) is 0 Å². The Morgan fingerprint density at radius 2 is 0.522 bits per heavy atom. The fourth-order valence-corrected chi connectivity index (χ4v) is 1.45. The minimum absolute atomic E-state index is 0. The van der Waals surface area contributed by atoms with Crippen LogP contribution >= 0.6 is 0 Å². The average Bonchev–Trinajstić information content (AvgIpc) is 2.52. The van der Waals surface area contributed by atoms with Gasteiger partial charge >= 0.3 is 0 Å². The van der Waals surface area contributed by atoms with Gasteiger partial charge in [-0.15, -0.1) is 0 Å². The maximum Gasteiger partial charge on any atom is -0.0398 e. The Labute approximate surface area is 144 Å². The standard InChI is InChI=1S/2C7H8.C6H6.3CH4/c2*1-7-5-3-2-4-6-7;1-2-4-6-5-3-1;;;/h2*2-6H,1H3;1-6H;3*1H4. The summed E-state index contributed by atoms with van der Waals surface area (Å²) in [6, 6.07) is 32.5. The van der Waals surface area contributed by atoms with Crippen molar-refractivity contribution in [1.29, 1.82) is 0 Å². The van der Waals surface area contributed by atoms with E-state index < -0.39 is 0 Å². The Morgan fingerprint density at radius 1 is 0.348 bits per heavy atom. The van der Waals surface area contributed by atoms with Crippen LogP contribution < -0.4 is 0 Å². The Kier molecular flexibility index (Phi) is 19.7. The Balaban J connectivity index is -0.000000246. The van der Waals surface area contributed by atoms with Crippen molar-refractivity contribution in [3.8, 4) is 0 Å². The molecule has 0 aromatic heterocycles. The normalized spacial score (nSPS) is 7.39. The highest BCUT2D eigenvalue weighted by Crippen LogP contribution is 1.92. The van der Waals surface area contributed by atoms with E-state index in [-0.39, 0.29) is 22.3 Å². The van der Waals surface area contributed by atoms with Crippen molar-refractivity contribution in [2.75, 3.05) is 0 Å². The highest BCUT2D eigenvalue weighted by atomic mass is 13.8. The number of benzene rings is 3. The fourth-order valence-electron chi connectivity index (χ4n) is 1.45. The minimum atomic E-state index is 0. The molecule has 3 rings (SSSR count). The summed E-state index contributed by atoms with van der Waals surface area (Å²) in [6.07, 6.45) is 0. The van der Waals surface area contributed by atoms with E-state index in [1.165, 1.54) is 11.1 Å². The van der Waals surface area contributed by atoms with Gasteiger partial charge in [-0.3, -0.25) is 0 Å². The van der Waals surface area contributed by atoms with Crippen LogP contribution in [0, 0.1) is 13.8 Å². The molecule has 0 fully saturated rings. The summed E-state index contributed by atoms with van der Waals surface area (Å²) >= 11 is 0. The lowest BCUT2D eigenvalue weighted by Crippen LogP contribution is -1.62. The summed E-state index contributed by atoms with van der Waals surface area (Å²) in [4.78, 5) is 0. The summed E-state index contributed by atoms with van der Waals surface area (Å²) in [5.74, 6) is 0. The zero-order valence-electron chi connectivity index (χ0n) is 12.2. The first-order valence-electron chi connectivity index (χ1n) is 6.82. The molecule has 0 heteroatoms. The third-order valence-corrected chi connectivity index (χ3v) is 2.55. The number of aryl methyl sites for hydroxylation is 2. The van der Waals surface area contributed by atoms with Crippen LogP contribution in [0.5, 0.6) is 0 Å². The number of rotatable bonds is 0. The minimum Gasteiger partial charge on any atom is -0.0776 e. The van der Waals surface area contributed by atoms with Crippen LogP contribution in [0.3, 0.4) is 0 Å². The average molecular weight is 311 g/mol. The van der Waals surface area contributed by atoms with Gasteiger partial charge in [-0.25, -0.2) is 0 Å². The van der Waals surface area contributed by atoms with Gasteiger partial charge in [0.2, 0.25) is 0 Å². The van der Waals surface area contributed by atoms with Gasteiger partial charge in [0.15, 0.2) is 0 Å². The first kappa shape index (κ1) is 25.6. The molecule has 3 aromatic rings. The predicted molar refractivity (Wildman–Crippen MR) is 109 cm³/mol. The van der Waals surface area contributed by atoms with Crippen LogP contribution in [0.25, 0.3) is 0 Å². The van der Waals surface area contributed by atoms with Gasteiger partial charge < -0.3 is 0 Å². The lowest BCUT2D eigenvalue weighted by Gasteiger charge is -1.82. The lowest BCUT2D eigenvalue weighted by molar-refractivity contribution is 1.48. The molecule has 0 atom stereocenters. The van der Waals surface area contributed by atoms with Crippen LogP contribution in [-0.4, -0.2) is 0 Å². The molecule has 0 heterocycles. The second-order valence-corrected chi connectivity index (χ2v) is 4.46. The molecule has 0 saturated heterocycles. The highest BCUT2D eigenvalue weighted by Gasteiger charge is 1.72. The first-order valence-corrected chi connectivity index (χ1v) is 6.82. The van der Waals surface area contributed by atoms with Crippen molar-refractivity contribution >= 4 is 0 Å². The van der Waals surface area contributed by atoms with E-state index >= 15 is 0 Å². The third kappa shape index (κ3) is 15.9. The Bertz CT molecular complexity index is 463. The summed E-state index contributed by atoms with van der Waals surface area (Å²) in [7, 11) is 0. The SMILES string of the molecule is C.C.C.Cc1ccccc1.Cc1ccccc1.c1ccccc1. The summed E-state index contributed by atoms with van der Waals surface area (Å²) < 4.78 is 0. The van der Waals surface area contributed by atoms with Gasteiger partial charge in [0.05, 0.1) is 0 Å². The van der Waals surface area contributed by atoms with E-state index in [1.807, 2.05) is 72.8 Å². The topological polar surface area (TPSA) is 0 Å². The van der Waals surface area contributed by atoms with Crippen LogP contribution in [0.4, 0.5) is 0 Å². The molecule has 0 bridgehead atoms. The van der Waals surface area contributed by atoms with E-state index in [1.54, 1.807) is 0 Å². The van der Waals surface area contributed by atoms with E-state index in [4.69, 9.17) is 0 Å². The fraction of sp³-hybridized carbons (Fsp3) is 0.217. The van der Waals surface area contributed by atoms with Gasteiger partial charge in [0.25, 0.3) is 0 Å². The van der Waals surface area contributed by atoms with Crippen molar-refractivity contribution in [2.24, 2.45) is 0 Å². The zero-order chi connectivity index (χ0) is 14.5. The molecule has 23 heavy (non-hydrogen) atoms. The van der Waals surface area contributed by atoms with Crippen molar-refractivity contribution < 1.29 is 0 Å². The van der Waals surface area contributed by atoms with Crippen LogP contribution in [0.15, 0.2) is 97.1 Å². The molecule has 0 radical (unpaired) electrons. The van der Waals surface area contributed by atoms with Crippen molar-refractivity contribution in [2.45, 2.75) is 36.1 Å². The highest BCUT2D eigenvalue weighted by molar-refractivity contribution is 5.12. The molecule has 126 valence electrons. The molecular weight excluding hydrogens is 276 g/mol. The molecule has 0 aliphatic heterocycles. The Hall–Kier alpha value is -2.34. The van der Waals surface area contributed by atoms with Crippen molar-refractivity contribution in [3.63, 3.8) is 0 Å². The van der Waals surface area contributed by atoms with E-state index in [0.717, 1.165) is 0 Å². The summed E-state index contributed by atoms with van der Waals surface area (Å²) in [5.41, 5.74) is 2.64. The molecule has 0 aliphatic rings. The smallest absolute Gasteiger partial charge is 0.0398 e. The van der Waals surface area contributed by atoms with E-state index in [2.05, 4.69) is 38.1 Å². The quantitative estimate of drug-likeness (QED) is 0.401. The largest absolute Gasteiger partial charge is 0.0776 e. The molecule has 0 N–H and O–H groups in total. The molecule has 0 aliphatic carbocycles. The number of hydrogen-bond acceptors (Lipinski definition) is 0. The maximum absolute atomic E-state index is 2.08. The second kappa shape index (κ2) is 17.7. The van der Waals surface area contributed by atoms with Crippen LogP contribution in [-0.2, 0) is 0 Å². The van der Waals surface area contributed by atoms with Crippen LogP contribution in [0.2, 0.25) is 0 Å². The predicted octanol–water partition coefficient (Wildman–Crippen LogP) is 7.58. The van der Waals surface area contributed by atoms with E-state index in [0.29, 0.717) is 0 Å². The van der Waals surface area contributed by atoms with Gasteiger partial charge in [0, 0.05) is 0 Å². The molecule has 0 unspecified atom stereocenters. The van der Waals surface area contributed by atoms with Crippen LogP contribution in [0.1, 0.15) is 33.4 Å². The third-order valence-electron chi connectivity index (χ3n) is 2.55. The Morgan fingerprint density at radius 3 is 0.652 bits per heavy atom.